The van der Waals surface area contributed by atoms with Gasteiger partial charge >= 0.3 is 0 Å². The van der Waals surface area contributed by atoms with Crippen LogP contribution in [0.2, 0.25) is 0 Å². The second-order valence-corrected chi connectivity index (χ2v) is 4.62. The first-order valence-corrected chi connectivity index (χ1v) is 6.71. The van der Waals surface area contributed by atoms with Crippen LogP contribution < -0.4 is 0 Å². The van der Waals surface area contributed by atoms with Gasteiger partial charge in [0.1, 0.15) is 5.76 Å². The zero-order valence-electron chi connectivity index (χ0n) is 11.5. The second kappa shape index (κ2) is 6.01. The van der Waals surface area contributed by atoms with Gasteiger partial charge in [0.25, 0.3) is 0 Å². The molecule has 0 saturated heterocycles. The third-order valence-corrected chi connectivity index (χ3v) is 3.69. The predicted molar refractivity (Wildman–Crippen MR) is 75.6 cm³/mol. The quantitative estimate of drug-likeness (QED) is 0.720. The van der Waals surface area contributed by atoms with E-state index in [9.17, 15) is 0 Å². The lowest BCUT2D eigenvalue weighted by Gasteiger charge is -2.21. The van der Waals surface area contributed by atoms with Crippen molar-refractivity contribution in [2.24, 2.45) is 10.9 Å². The van der Waals surface area contributed by atoms with Crippen molar-refractivity contribution >= 4 is 5.71 Å². The van der Waals surface area contributed by atoms with Crippen LogP contribution in [-0.2, 0) is 4.74 Å². The van der Waals surface area contributed by atoms with Gasteiger partial charge in [0.05, 0.1) is 12.8 Å². The summed E-state index contributed by atoms with van der Waals surface area (Å²) in [6.07, 6.45) is 9.32. The molecule has 0 fully saturated rings. The Kier molecular flexibility index (Phi) is 4.37. The highest BCUT2D eigenvalue weighted by atomic mass is 16.5. The van der Waals surface area contributed by atoms with E-state index in [0.717, 1.165) is 37.5 Å². The minimum absolute atomic E-state index is 0.334. The molecule has 2 rings (SSSR count). The summed E-state index contributed by atoms with van der Waals surface area (Å²) in [4.78, 5) is 6.93. The molecule has 1 aliphatic carbocycles. The number of ether oxygens (including phenoxy) is 1. The molecule has 3 nitrogen and oxygen atoms in total. The van der Waals surface area contributed by atoms with E-state index in [-0.39, 0.29) is 0 Å². The van der Waals surface area contributed by atoms with E-state index in [2.05, 4.69) is 35.9 Å². The molecule has 0 spiro atoms. The van der Waals surface area contributed by atoms with E-state index in [1.54, 1.807) is 7.11 Å². The van der Waals surface area contributed by atoms with Crippen molar-refractivity contribution in [3.05, 3.63) is 35.8 Å². The molecular weight excluding hydrogens is 224 g/mol. The highest BCUT2D eigenvalue weighted by Crippen LogP contribution is 2.29. The summed E-state index contributed by atoms with van der Waals surface area (Å²) in [5.74, 6) is 1.27. The molecule has 0 saturated carbocycles. The molecule has 98 valence electrons. The molecule has 1 heterocycles. The van der Waals surface area contributed by atoms with Crippen LogP contribution in [0, 0.1) is 5.92 Å². The first kappa shape index (κ1) is 13.1. The van der Waals surface area contributed by atoms with Crippen LogP contribution >= 0.6 is 0 Å². The van der Waals surface area contributed by atoms with E-state index in [0.29, 0.717) is 5.92 Å². The Bertz CT molecular complexity index is 414. The number of rotatable bonds is 6. The third-order valence-electron chi connectivity index (χ3n) is 3.69. The zero-order chi connectivity index (χ0) is 13.0. The van der Waals surface area contributed by atoms with Gasteiger partial charge in [-0.15, -0.1) is 0 Å². The van der Waals surface area contributed by atoms with E-state index < -0.39 is 0 Å². The Hall–Kier alpha value is -1.35. The van der Waals surface area contributed by atoms with Gasteiger partial charge in [-0.1, -0.05) is 13.8 Å². The van der Waals surface area contributed by atoms with Gasteiger partial charge in [-0.05, 0) is 43.3 Å². The Balaban J connectivity index is 1.96. The summed E-state index contributed by atoms with van der Waals surface area (Å²) in [5.41, 5.74) is 2.54. The Morgan fingerprint density at radius 2 is 2.06 bits per heavy atom. The molecule has 0 aromatic rings. The molecule has 0 bridgehead atoms. The predicted octanol–water partition coefficient (Wildman–Crippen LogP) is 2.77. The average Bonchev–Trinajstić information content (AvgIpc) is 2.82. The van der Waals surface area contributed by atoms with Gasteiger partial charge < -0.3 is 9.64 Å². The number of hydrogen-bond donors (Lipinski definition) is 0. The highest BCUT2D eigenvalue weighted by Gasteiger charge is 2.24. The number of hydrogen-bond acceptors (Lipinski definition) is 3. The fraction of sp³-hybridized carbons (Fsp3) is 0.533. The van der Waals surface area contributed by atoms with Gasteiger partial charge in [0.15, 0.2) is 0 Å². The first-order chi connectivity index (χ1) is 8.78. The Morgan fingerprint density at radius 3 is 2.72 bits per heavy atom. The maximum Gasteiger partial charge on any atom is 0.115 e. The molecule has 0 N–H and O–H groups in total. The zero-order valence-corrected chi connectivity index (χ0v) is 11.5. The van der Waals surface area contributed by atoms with Crippen molar-refractivity contribution in [1.82, 2.24) is 4.90 Å². The Morgan fingerprint density at radius 1 is 1.28 bits per heavy atom. The molecule has 0 aromatic heterocycles. The van der Waals surface area contributed by atoms with Crippen molar-refractivity contribution in [2.45, 2.75) is 20.3 Å². The number of aliphatic imine (C=N–C) groups is 1. The molecule has 0 radical (unpaired) electrons. The minimum atomic E-state index is 0.334. The summed E-state index contributed by atoms with van der Waals surface area (Å²) >= 11 is 0. The maximum absolute atomic E-state index is 5.30. The minimum Gasteiger partial charge on any atom is -0.497 e. The third kappa shape index (κ3) is 2.72. The number of allylic oxidation sites excluding steroid dienone is 3. The van der Waals surface area contributed by atoms with Crippen LogP contribution in [0.5, 0.6) is 0 Å². The molecule has 1 unspecified atom stereocenters. The molecule has 0 aromatic carbocycles. The highest BCUT2D eigenvalue weighted by molar-refractivity contribution is 6.03. The number of nitrogens with zero attached hydrogens (tertiary/aromatic N) is 2. The van der Waals surface area contributed by atoms with Gasteiger partial charge in [0.2, 0.25) is 0 Å². The van der Waals surface area contributed by atoms with Crippen LogP contribution in [0.15, 0.2) is 40.8 Å². The summed E-state index contributed by atoms with van der Waals surface area (Å²) in [6.45, 7) is 7.75. The van der Waals surface area contributed by atoms with Crippen molar-refractivity contribution in [3.8, 4) is 0 Å². The standard InChI is InChI=1S/C15H22N2O/c1-4-17(5-2)9-8-12-11-16-15-7-6-13(18-3)10-14(12)15/h6-7,10-11,14H,4-5,8-9H2,1-3H3. The van der Waals surface area contributed by atoms with Crippen LogP contribution in [0.25, 0.3) is 0 Å². The van der Waals surface area contributed by atoms with Crippen molar-refractivity contribution in [1.29, 1.82) is 0 Å². The van der Waals surface area contributed by atoms with Gasteiger partial charge in [0, 0.05) is 18.7 Å². The largest absolute Gasteiger partial charge is 0.497 e. The molecular formula is C15H22N2O. The Labute approximate surface area is 110 Å². The normalized spacial score (nSPS) is 21.6. The fourth-order valence-electron chi connectivity index (χ4n) is 2.42. The van der Waals surface area contributed by atoms with E-state index in [1.807, 2.05) is 12.3 Å². The SMILES string of the molecule is CCN(CC)CCC1=CN=C2C=CC(OC)=CC12. The van der Waals surface area contributed by atoms with Gasteiger partial charge in [-0.2, -0.15) is 0 Å². The number of methoxy groups -OCH3 is 1. The van der Waals surface area contributed by atoms with Crippen molar-refractivity contribution in [3.63, 3.8) is 0 Å². The van der Waals surface area contributed by atoms with Crippen molar-refractivity contribution < 1.29 is 4.74 Å². The summed E-state index contributed by atoms with van der Waals surface area (Å²) in [7, 11) is 1.71. The van der Waals surface area contributed by atoms with Crippen LogP contribution in [-0.4, -0.2) is 37.4 Å². The van der Waals surface area contributed by atoms with Crippen molar-refractivity contribution in [2.75, 3.05) is 26.7 Å². The van der Waals surface area contributed by atoms with E-state index in [1.165, 1.54) is 5.57 Å². The summed E-state index contributed by atoms with van der Waals surface area (Å²) < 4.78 is 5.30. The molecule has 3 heteroatoms. The van der Waals surface area contributed by atoms with E-state index in [4.69, 9.17) is 4.74 Å². The monoisotopic (exact) mass is 246 g/mol. The molecule has 1 atom stereocenters. The van der Waals surface area contributed by atoms with Crippen LogP contribution in [0.3, 0.4) is 0 Å². The van der Waals surface area contributed by atoms with Gasteiger partial charge in [-0.3, -0.25) is 4.99 Å². The first-order valence-electron chi connectivity index (χ1n) is 6.71. The number of fused-ring (bicyclic) bond motifs is 1. The van der Waals surface area contributed by atoms with Crippen LogP contribution in [0.1, 0.15) is 20.3 Å². The van der Waals surface area contributed by atoms with E-state index >= 15 is 0 Å². The molecule has 1 aliphatic heterocycles. The lowest BCUT2D eigenvalue weighted by atomic mass is 9.90. The maximum atomic E-state index is 5.30. The molecule has 0 amide bonds. The summed E-state index contributed by atoms with van der Waals surface area (Å²) in [6, 6.07) is 0. The lowest BCUT2D eigenvalue weighted by molar-refractivity contribution is 0.301. The topological polar surface area (TPSA) is 24.8 Å². The second-order valence-electron chi connectivity index (χ2n) is 4.62. The average molecular weight is 246 g/mol. The smallest absolute Gasteiger partial charge is 0.115 e. The fourth-order valence-corrected chi connectivity index (χ4v) is 2.42. The lowest BCUT2D eigenvalue weighted by Crippen LogP contribution is -2.25. The summed E-state index contributed by atoms with van der Waals surface area (Å²) in [5, 5.41) is 0. The molecule has 18 heavy (non-hydrogen) atoms. The van der Waals surface area contributed by atoms with Gasteiger partial charge in [-0.25, -0.2) is 0 Å². The molecule has 2 aliphatic rings. The van der Waals surface area contributed by atoms with Crippen LogP contribution in [0.4, 0.5) is 0 Å².